The van der Waals surface area contributed by atoms with E-state index in [1.807, 2.05) is 32.0 Å². The zero-order chi connectivity index (χ0) is 14.4. The number of rotatable bonds is 5. The molecule has 4 heteroatoms. The summed E-state index contributed by atoms with van der Waals surface area (Å²) in [6, 6.07) is 6.05. The number of benzene rings is 1. The van der Waals surface area contributed by atoms with E-state index in [4.69, 9.17) is 4.74 Å². The minimum Gasteiger partial charge on any atom is -0.494 e. The second-order valence-electron chi connectivity index (χ2n) is 5.26. The number of carbonyl (C=O) groups excluding carboxylic acids is 1. The first-order chi connectivity index (χ1) is 9.70. The van der Waals surface area contributed by atoms with Crippen molar-refractivity contribution in [2.45, 2.75) is 45.7 Å². The highest BCUT2D eigenvalue weighted by Crippen LogP contribution is 2.20. The van der Waals surface area contributed by atoms with E-state index < -0.39 is 0 Å². The van der Waals surface area contributed by atoms with Crippen molar-refractivity contribution >= 4 is 5.91 Å². The summed E-state index contributed by atoms with van der Waals surface area (Å²) in [5.41, 5.74) is 2.19. The lowest BCUT2D eigenvalue weighted by molar-refractivity contribution is -0.123. The molecule has 2 N–H and O–H groups in total. The minimum absolute atomic E-state index is 0.0373. The highest BCUT2D eigenvalue weighted by molar-refractivity contribution is 5.81. The van der Waals surface area contributed by atoms with Crippen LogP contribution in [0.4, 0.5) is 0 Å². The van der Waals surface area contributed by atoms with E-state index in [1.54, 1.807) is 0 Å². The molecular formula is C16H24N2O2. The monoisotopic (exact) mass is 276 g/mol. The Morgan fingerprint density at radius 1 is 1.45 bits per heavy atom. The highest BCUT2D eigenvalue weighted by atomic mass is 16.5. The third-order valence-corrected chi connectivity index (χ3v) is 3.60. The first-order valence-corrected chi connectivity index (χ1v) is 7.44. The van der Waals surface area contributed by atoms with Gasteiger partial charge in [0, 0.05) is 12.1 Å². The van der Waals surface area contributed by atoms with E-state index in [2.05, 4.69) is 10.6 Å². The Morgan fingerprint density at radius 3 is 3.00 bits per heavy atom. The zero-order valence-corrected chi connectivity index (χ0v) is 12.4. The standard InChI is InChI=1S/C16H24N2O2/c1-3-20-15-10-12(2)7-8-13(15)11-18-16(19)14-6-4-5-9-17-14/h7-8,10,14,17H,3-6,9,11H2,1-2H3,(H,18,19). The van der Waals surface area contributed by atoms with Crippen molar-refractivity contribution in [1.82, 2.24) is 10.6 Å². The van der Waals surface area contributed by atoms with Gasteiger partial charge in [0.05, 0.1) is 12.6 Å². The number of ether oxygens (including phenoxy) is 1. The van der Waals surface area contributed by atoms with Gasteiger partial charge in [-0.05, 0) is 44.9 Å². The molecule has 1 heterocycles. The Labute approximate surface area is 120 Å². The molecule has 1 aromatic rings. The average molecular weight is 276 g/mol. The predicted molar refractivity (Wildman–Crippen MR) is 79.8 cm³/mol. The van der Waals surface area contributed by atoms with Crippen molar-refractivity contribution in [2.75, 3.05) is 13.2 Å². The normalized spacial score (nSPS) is 18.6. The van der Waals surface area contributed by atoms with E-state index in [9.17, 15) is 4.79 Å². The molecule has 1 amide bonds. The van der Waals surface area contributed by atoms with Crippen LogP contribution < -0.4 is 15.4 Å². The smallest absolute Gasteiger partial charge is 0.237 e. The maximum Gasteiger partial charge on any atom is 0.237 e. The maximum absolute atomic E-state index is 12.1. The summed E-state index contributed by atoms with van der Waals surface area (Å²) < 4.78 is 5.63. The molecule has 1 aromatic carbocycles. The predicted octanol–water partition coefficient (Wildman–Crippen LogP) is 2.15. The lowest BCUT2D eigenvalue weighted by atomic mass is 10.0. The van der Waals surface area contributed by atoms with Gasteiger partial charge in [-0.25, -0.2) is 0 Å². The van der Waals surface area contributed by atoms with Crippen molar-refractivity contribution in [3.63, 3.8) is 0 Å². The number of hydrogen-bond acceptors (Lipinski definition) is 3. The van der Waals surface area contributed by atoms with Gasteiger partial charge in [0.25, 0.3) is 0 Å². The lowest BCUT2D eigenvalue weighted by Gasteiger charge is -2.22. The van der Waals surface area contributed by atoms with Gasteiger partial charge in [0.15, 0.2) is 0 Å². The van der Waals surface area contributed by atoms with Crippen LogP contribution in [0.25, 0.3) is 0 Å². The highest BCUT2D eigenvalue weighted by Gasteiger charge is 2.20. The topological polar surface area (TPSA) is 50.4 Å². The summed E-state index contributed by atoms with van der Waals surface area (Å²) in [5, 5.41) is 6.27. The van der Waals surface area contributed by atoms with E-state index in [0.29, 0.717) is 13.2 Å². The van der Waals surface area contributed by atoms with Crippen molar-refractivity contribution in [3.05, 3.63) is 29.3 Å². The molecule has 0 spiro atoms. The Morgan fingerprint density at radius 2 is 2.30 bits per heavy atom. The summed E-state index contributed by atoms with van der Waals surface area (Å²) in [5.74, 6) is 0.956. The third kappa shape index (κ3) is 3.97. The third-order valence-electron chi connectivity index (χ3n) is 3.60. The van der Waals surface area contributed by atoms with Crippen LogP contribution in [0, 0.1) is 6.92 Å². The number of aryl methyl sites for hydroxylation is 1. The number of carbonyl (C=O) groups is 1. The molecule has 0 aromatic heterocycles. The summed E-state index contributed by atoms with van der Waals surface area (Å²) in [4.78, 5) is 12.1. The molecule has 20 heavy (non-hydrogen) atoms. The number of hydrogen-bond donors (Lipinski definition) is 2. The second kappa shape index (κ2) is 7.29. The van der Waals surface area contributed by atoms with Crippen LogP contribution in [0.2, 0.25) is 0 Å². The fourth-order valence-corrected chi connectivity index (χ4v) is 2.48. The lowest BCUT2D eigenvalue weighted by Crippen LogP contribution is -2.46. The van der Waals surface area contributed by atoms with Gasteiger partial charge >= 0.3 is 0 Å². The SMILES string of the molecule is CCOc1cc(C)ccc1CNC(=O)C1CCCCN1. The molecule has 0 radical (unpaired) electrons. The molecule has 1 atom stereocenters. The molecule has 1 fully saturated rings. The quantitative estimate of drug-likeness (QED) is 0.866. The van der Waals surface area contributed by atoms with Gasteiger partial charge in [0.1, 0.15) is 5.75 Å². The fraction of sp³-hybridized carbons (Fsp3) is 0.562. The minimum atomic E-state index is -0.0373. The van der Waals surface area contributed by atoms with E-state index in [-0.39, 0.29) is 11.9 Å². The summed E-state index contributed by atoms with van der Waals surface area (Å²) in [6.07, 6.45) is 3.22. The first-order valence-electron chi connectivity index (χ1n) is 7.44. The molecular weight excluding hydrogens is 252 g/mol. The molecule has 1 aliphatic heterocycles. The Hall–Kier alpha value is -1.55. The van der Waals surface area contributed by atoms with Crippen molar-refractivity contribution in [1.29, 1.82) is 0 Å². The van der Waals surface area contributed by atoms with Gasteiger partial charge < -0.3 is 15.4 Å². The van der Waals surface area contributed by atoms with Crippen LogP contribution in [0.3, 0.4) is 0 Å². The molecule has 110 valence electrons. The van der Waals surface area contributed by atoms with Gasteiger partial charge in [-0.3, -0.25) is 4.79 Å². The van der Waals surface area contributed by atoms with E-state index in [1.165, 1.54) is 0 Å². The molecule has 2 rings (SSSR count). The molecule has 1 saturated heterocycles. The average Bonchev–Trinajstić information content (AvgIpc) is 2.47. The van der Waals surface area contributed by atoms with Crippen LogP contribution in [0.15, 0.2) is 18.2 Å². The van der Waals surface area contributed by atoms with Crippen LogP contribution in [0.5, 0.6) is 5.75 Å². The molecule has 4 nitrogen and oxygen atoms in total. The number of amides is 1. The molecule has 0 bridgehead atoms. The van der Waals surface area contributed by atoms with Gasteiger partial charge in [-0.2, -0.15) is 0 Å². The van der Waals surface area contributed by atoms with Crippen LogP contribution >= 0.6 is 0 Å². The Bertz CT molecular complexity index is 454. The molecule has 1 unspecified atom stereocenters. The van der Waals surface area contributed by atoms with Crippen LogP contribution in [-0.2, 0) is 11.3 Å². The van der Waals surface area contributed by atoms with Gasteiger partial charge in [-0.15, -0.1) is 0 Å². The van der Waals surface area contributed by atoms with E-state index >= 15 is 0 Å². The number of piperidine rings is 1. The van der Waals surface area contributed by atoms with Crippen molar-refractivity contribution in [2.24, 2.45) is 0 Å². The Balaban J connectivity index is 1.94. The van der Waals surface area contributed by atoms with Gasteiger partial charge in [-0.1, -0.05) is 18.6 Å². The molecule has 0 saturated carbocycles. The molecule has 0 aliphatic carbocycles. The van der Waals surface area contributed by atoms with Crippen LogP contribution in [-0.4, -0.2) is 25.1 Å². The maximum atomic E-state index is 12.1. The second-order valence-corrected chi connectivity index (χ2v) is 5.26. The summed E-state index contributed by atoms with van der Waals surface area (Å²) in [6.45, 7) is 6.10. The van der Waals surface area contributed by atoms with Crippen LogP contribution in [0.1, 0.15) is 37.3 Å². The largest absolute Gasteiger partial charge is 0.494 e. The summed E-state index contributed by atoms with van der Waals surface area (Å²) >= 11 is 0. The Kier molecular flexibility index (Phi) is 5.41. The first kappa shape index (κ1) is 14.9. The van der Waals surface area contributed by atoms with Crippen molar-refractivity contribution in [3.8, 4) is 5.75 Å². The molecule has 1 aliphatic rings. The number of nitrogens with one attached hydrogen (secondary N) is 2. The van der Waals surface area contributed by atoms with Crippen molar-refractivity contribution < 1.29 is 9.53 Å². The summed E-state index contributed by atoms with van der Waals surface area (Å²) in [7, 11) is 0. The zero-order valence-electron chi connectivity index (χ0n) is 12.4. The van der Waals surface area contributed by atoms with E-state index in [0.717, 1.165) is 42.7 Å². The van der Waals surface area contributed by atoms with Gasteiger partial charge in [0.2, 0.25) is 5.91 Å². The fourth-order valence-electron chi connectivity index (χ4n) is 2.48.